The van der Waals surface area contributed by atoms with Gasteiger partial charge in [0.15, 0.2) is 6.10 Å². The SMILES string of the molecule is O=S(=O)(OC(c1ccc([O-])cc1)C(F)(F)F)c1ccccc1NCCN(Cc1ccccn1)Cc1ccccn1. The largest absolute Gasteiger partial charge is 0.872 e. The quantitative estimate of drug-likeness (QED) is 0.245. The first-order valence-electron chi connectivity index (χ1n) is 12.2. The van der Waals surface area contributed by atoms with Crippen molar-refractivity contribution in [1.29, 1.82) is 0 Å². The topological polar surface area (TPSA) is 107 Å². The molecule has 8 nitrogen and oxygen atoms in total. The molecule has 1 unspecified atom stereocenters. The van der Waals surface area contributed by atoms with E-state index in [1.807, 2.05) is 36.4 Å². The molecule has 0 bridgehead atoms. The highest BCUT2D eigenvalue weighted by molar-refractivity contribution is 7.87. The fourth-order valence-electron chi connectivity index (χ4n) is 3.96. The summed E-state index contributed by atoms with van der Waals surface area (Å²) >= 11 is 0. The predicted octanol–water partition coefficient (Wildman–Crippen LogP) is 4.67. The molecular weight excluding hydrogens is 545 g/mol. The lowest BCUT2D eigenvalue weighted by atomic mass is 10.1. The average Bonchev–Trinajstić information content (AvgIpc) is 2.93. The number of hydrogen-bond donors (Lipinski definition) is 1. The van der Waals surface area contributed by atoms with Crippen LogP contribution < -0.4 is 10.4 Å². The molecule has 0 aliphatic rings. The minimum Gasteiger partial charge on any atom is -0.872 e. The molecule has 2 aromatic carbocycles. The summed E-state index contributed by atoms with van der Waals surface area (Å²) in [7, 11) is -4.87. The first-order chi connectivity index (χ1) is 19.1. The maximum absolute atomic E-state index is 13.8. The highest BCUT2D eigenvalue weighted by atomic mass is 32.2. The summed E-state index contributed by atoms with van der Waals surface area (Å²) < 4.78 is 72.3. The molecule has 0 radical (unpaired) electrons. The van der Waals surface area contributed by atoms with Gasteiger partial charge in [0, 0.05) is 38.6 Å². The molecule has 0 aliphatic carbocycles. The van der Waals surface area contributed by atoms with Gasteiger partial charge in [0.25, 0.3) is 10.1 Å². The van der Waals surface area contributed by atoms with Crippen LogP contribution in [0.4, 0.5) is 18.9 Å². The first-order valence-corrected chi connectivity index (χ1v) is 13.6. The summed E-state index contributed by atoms with van der Waals surface area (Å²) in [6, 6.07) is 20.4. The number of anilines is 1. The number of halogens is 3. The van der Waals surface area contributed by atoms with Crippen LogP contribution in [0.2, 0.25) is 0 Å². The van der Waals surface area contributed by atoms with Crippen LogP contribution in [0.5, 0.6) is 5.75 Å². The van der Waals surface area contributed by atoms with Crippen LogP contribution in [0.1, 0.15) is 23.1 Å². The van der Waals surface area contributed by atoms with Gasteiger partial charge in [0.2, 0.25) is 0 Å². The van der Waals surface area contributed by atoms with Crippen molar-refractivity contribution in [3.63, 3.8) is 0 Å². The van der Waals surface area contributed by atoms with Crippen molar-refractivity contribution in [3.8, 4) is 5.75 Å². The average molecular weight is 572 g/mol. The molecule has 2 heterocycles. The normalized spacial score (nSPS) is 12.8. The maximum atomic E-state index is 13.8. The van der Waals surface area contributed by atoms with Crippen molar-refractivity contribution in [2.75, 3.05) is 18.4 Å². The lowest BCUT2D eigenvalue weighted by Gasteiger charge is -2.23. The third kappa shape index (κ3) is 8.01. The molecule has 2 aromatic heterocycles. The molecule has 0 saturated heterocycles. The van der Waals surface area contributed by atoms with E-state index >= 15 is 0 Å². The van der Waals surface area contributed by atoms with Gasteiger partial charge in [-0.3, -0.25) is 14.9 Å². The zero-order chi connectivity index (χ0) is 28.6. The van der Waals surface area contributed by atoms with Crippen LogP contribution in [-0.2, 0) is 27.4 Å². The number of nitrogens with one attached hydrogen (secondary N) is 1. The van der Waals surface area contributed by atoms with Gasteiger partial charge in [-0.15, -0.1) is 5.75 Å². The Kier molecular flexibility index (Phi) is 9.35. The summed E-state index contributed by atoms with van der Waals surface area (Å²) in [6.07, 6.45) is -4.44. The molecule has 0 fully saturated rings. The second-order valence-corrected chi connectivity index (χ2v) is 10.4. The Morgan fingerprint density at radius 3 is 1.98 bits per heavy atom. The number of aromatic nitrogens is 2. The van der Waals surface area contributed by atoms with Crippen LogP contribution in [-0.4, -0.2) is 42.6 Å². The molecule has 210 valence electrons. The van der Waals surface area contributed by atoms with Crippen molar-refractivity contribution >= 4 is 15.8 Å². The number of benzene rings is 2. The Hall–Kier alpha value is -4.00. The number of para-hydroxylation sites is 1. The van der Waals surface area contributed by atoms with Crippen molar-refractivity contribution < 1.29 is 30.9 Å². The Morgan fingerprint density at radius 1 is 0.850 bits per heavy atom. The van der Waals surface area contributed by atoms with Crippen LogP contribution in [0.3, 0.4) is 0 Å². The summed E-state index contributed by atoms with van der Waals surface area (Å²) in [5.74, 6) is -0.512. The zero-order valence-electron chi connectivity index (χ0n) is 21.2. The lowest BCUT2D eigenvalue weighted by Crippen LogP contribution is -2.29. The highest BCUT2D eigenvalue weighted by Gasteiger charge is 2.45. The summed E-state index contributed by atoms with van der Waals surface area (Å²) in [4.78, 5) is 10.3. The van der Waals surface area contributed by atoms with Crippen molar-refractivity contribution in [1.82, 2.24) is 14.9 Å². The third-order valence-electron chi connectivity index (χ3n) is 5.83. The van der Waals surface area contributed by atoms with E-state index in [1.54, 1.807) is 18.5 Å². The fourth-order valence-corrected chi connectivity index (χ4v) is 5.19. The van der Waals surface area contributed by atoms with Crippen molar-refractivity contribution in [2.24, 2.45) is 0 Å². The smallest absolute Gasteiger partial charge is 0.420 e. The van der Waals surface area contributed by atoms with Crippen molar-refractivity contribution in [2.45, 2.75) is 30.3 Å². The zero-order valence-corrected chi connectivity index (χ0v) is 22.0. The van der Waals surface area contributed by atoms with Crippen LogP contribution in [0.25, 0.3) is 0 Å². The number of pyridine rings is 2. The third-order valence-corrected chi connectivity index (χ3v) is 7.17. The van der Waals surface area contributed by atoms with Crippen LogP contribution >= 0.6 is 0 Å². The second-order valence-electron chi connectivity index (χ2n) is 8.82. The van der Waals surface area contributed by atoms with Crippen LogP contribution in [0.15, 0.2) is 102 Å². The molecule has 4 aromatic rings. The highest BCUT2D eigenvalue weighted by Crippen LogP contribution is 2.39. The van der Waals surface area contributed by atoms with E-state index in [0.717, 1.165) is 35.7 Å². The molecule has 0 saturated carbocycles. The van der Waals surface area contributed by atoms with Gasteiger partial charge in [0.05, 0.1) is 17.1 Å². The van der Waals surface area contributed by atoms with Gasteiger partial charge in [-0.2, -0.15) is 21.6 Å². The van der Waals surface area contributed by atoms with E-state index in [9.17, 15) is 26.7 Å². The minimum atomic E-state index is -5.04. The fraction of sp³-hybridized carbons (Fsp3) is 0.214. The lowest BCUT2D eigenvalue weighted by molar-refractivity contribution is -0.268. The summed E-state index contributed by atoms with van der Waals surface area (Å²) in [5, 5.41) is 14.4. The van der Waals surface area contributed by atoms with Crippen LogP contribution in [0, 0.1) is 0 Å². The number of alkyl halides is 3. The predicted molar refractivity (Wildman–Crippen MR) is 140 cm³/mol. The molecule has 40 heavy (non-hydrogen) atoms. The maximum Gasteiger partial charge on any atom is 0.420 e. The van der Waals surface area contributed by atoms with Gasteiger partial charge >= 0.3 is 6.18 Å². The van der Waals surface area contributed by atoms with E-state index in [0.29, 0.717) is 19.6 Å². The molecule has 1 N–H and O–H groups in total. The van der Waals surface area contributed by atoms with Gasteiger partial charge in [-0.25, -0.2) is 4.18 Å². The molecule has 0 spiro atoms. The standard InChI is InChI=1S/C28H27F3N4O4S/c29-28(30,31)27(21-11-13-24(36)14-12-21)39-40(37,38)26-10-2-1-9-25(26)34-17-18-35(19-22-7-3-5-15-32-22)20-23-8-4-6-16-33-23/h1-16,27,34,36H,17-20H2/p-1. The molecule has 12 heteroatoms. The Balaban J connectivity index is 1.50. The summed E-state index contributed by atoms with van der Waals surface area (Å²) in [6.45, 7) is 1.70. The molecular formula is C28H26F3N4O4S-. The van der Waals surface area contributed by atoms with E-state index in [4.69, 9.17) is 4.18 Å². The van der Waals surface area contributed by atoms with E-state index in [-0.39, 0.29) is 12.2 Å². The molecule has 4 rings (SSSR count). The minimum absolute atomic E-state index is 0.0916. The number of hydrogen-bond acceptors (Lipinski definition) is 8. The van der Waals surface area contributed by atoms with Gasteiger partial charge in [0.1, 0.15) is 4.90 Å². The van der Waals surface area contributed by atoms with E-state index in [2.05, 4.69) is 20.2 Å². The Bertz CT molecular complexity index is 1430. The van der Waals surface area contributed by atoms with Gasteiger partial charge < -0.3 is 10.4 Å². The number of nitrogens with zero attached hydrogens (tertiary/aromatic N) is 3. The molecule has 0 aliphatic heterocycles. The van der Waals surface area contributed by atoms with Gasteiger partial charge in [-0.1, -0.05) is 48.5 Å². The Morgan fingerprint density at radius 2 is 1.43 bits per heavy atom. The molecule has 0 amide bonds. The monoisotopic (exact) mass is 571 g/mol. The summed E-state index contributed by atoms with van der Waals surface area (Å²) in [5.41, 5.74) is 1.26. The number of rotatable bonds is 12. The Labute approximate surface area is 230 Å². The first kappa shape index (κ1) is 29.0. The van der Waals surface area contributed by atoms with Gasteiger partial charge in [-0.05, 0) is 42.0 Å². The van der Waals surface area contributed by atoms with E-state index in [1.165, 1.54) is 18.2 Å². The van der Waals surface area contributed by atoms with Crippen molar-refractivity contribution in [3.05, 3.63) is 114 Å². The molecule has 1 atom stereocenters. The second kappa shape index (κ2) is 12.9. The van der Waals surface area contributed by atoms with E-state index < -0.39 is 38.6 Å².